The summed E-state index contributed by atoms with van der Waals surface area (Å²) >= 11 is 0. The summed E-state index contributed by atoms with van der Waals surface area (Å²) in [5, 5.41) is 9.23. The summed E-state index contributed by atoms with van der Waals surface area (Å²) in [6.07, 6.45) is 1.54. The lowest BCUT2D eigenvalue weighted by Gasteiger charge is -2.04. The third kappa shape index (κ3) is 3.20. The van der Waals surface area contributed by atoms with Gasteiger partial charge in [-0.05, 0) is 30.7 Å². The lowest BCUT2D eigenvalue weighted by atomic mass is 9.98. The zero-order valence-electron chi connectivity index (χ0n) is 11.0. The predicted octanol–water partition coefficient (Wildman–Crippen LogP) is 3.25. The number of benzene rings is 2. The van der Waals surface area contributed by atoms with Gasteiger partial charge in [-0.15, -0.1) is 0 Å². The van der Waals surface area contributed by atoms with Gasteiger partial charge in [-0.1, -0.05) is 42.5 Å². The van der Waals surface area contributed by atoms with Gasteiger partial charge in [-0.25, -0.2) is 0 Å². The van der Waals surface area contributed by atoms with E-state index in [0.29, 0.717) is 11.1 Å². The van der Waals surface area contributed by atoms with Gasteiger partial charge in [0, 0.05) is 5.56 Å². The molecule has 1 N–H and O–H groups in total. The van der Waals surface area contributed by atoms with Gasteiger partial charge in [-0.3, -0.25) is 9.59 Å². The summed E-state index contributed by atoms with van der Waals surface area (Å²) in [5.74, 6) is -0.445. The van der Waals surface area contributed by atoms with Crippen LogP contribution in [0.15, 0.2) is 60.2 Å². The van der Waals surface area contributed by atoms with Crippen LogP contribution in [0.2, 0.25) is 0 Å². The van der Waals surface area contributed by atoms with E-state index in [-0.39, 0.29) is 22.9 Å². The van der Waals surface area contributed by atoms with Crippen molar-refractivity contribution in [2.45, 2.75) is 6.92 Å². The van der Waals surface area contributed by atoms with E-state index in [1.54, 1.807) is 36.4 Å². The number of ketones is 2. The molecular formula is C17H14O3. The standard InChI is InChI=1S/C17H14O3/c1-12(18)16(11-13-7-9-15(19)10-8-13)17(20)14-5-3-2-4-6-14/h2-11,19H,1H3. The number of phenols is 1. The van der Waals surface area contributed by atoms with E-state index in [9.17, 15) is 14.7 Å². The lowest BCUT2D eigenvalue weighted by molar-refractivity contribution is -0.113. The Bertz CT molecular complexity index is 652. The highest BCUT2D eigenvalue weighted by molar-refractivity contribution is 6.28. The summed E-state index contributed by atoms with van der Waals surface area (Å²) < 4.78 is 0. The topological polar surface area (TPSA) is 54.4 Å². The number of Topliss-reactive ketones (excluding diaryl/α,β-unsaturated/α-hetero) is 2. The Balaban J connectivity index is 2.39. The first-order valence-corrected chi connectivity index (χ1v) is 6.19. The number of hydrogen-bond acceptors (Lipinski definition) is 3. The van der Waals surface area contributed by atoms with Crippen molar-refractivity contribution < 1.29 is 14.7 Å². The molecule has 2 aromatic rings. The average Bonchev–Trinajstić information content (AvgIpc) is 2.46. The predicted molar refractivity (Wildman–Crippen MR) is 77.5 cm³/mol. The third-order valence-electron chi connectivity index (χ3n) is 2.86. The molecule has 0 fully saturated rings. The first kappa shape index (κ1) is 13.7. The molecule has 0 heterocycles. The molecule has 20 heavy (non-hydrogen) atoms. The maximum absolute atomic E-state index is 12.3. The number of carbonyl (C=O) groups is 2. The highest BCUT2D eigenvalue weighted by atomic mass is 16.3. The number of hydrogen-bond donors (Lipinski definition) is 1. The molecule has 0 radical (unpaired) electrons. The van der Waals surface area contributed by atoms with E-state index >= 15 is 0 Å². The average molecular weight is 266 g/mol. The van der Waals surface area contributed by atoms with E-state index in [1.165, 1.54) is 25.1 Å². The smallest absolute Gasteiger partial charge is 0.196 e. The van der Waals surface area contributed by atoms with Crippen molar-refractivity contribution in [2.75, 3.05) is 0 Å². The first-order valence-electron chi connectivity index (χ1n) is 6.19. The molecule has 0 amide bonds. The lowest BCUT2D eigenvalue weighted by Crippen LogP contribution is -2.10. The molecule has 0 spiro atoms. The van der Waals surface area contributed by atoms with Crippen molar-refractivity contribution in [3.63, 3.8) is 0 Å². The minimum Gasteiger partial charge on any atom is -0.508 e. The van der Waals surface area contributed by atoms with Crippen LogP contribution in [0.25, 0.3) is 6.08 Å². The Hall–Kier alpha value is -2.68. The Morgan fingerprint density at radius 2 is 1.55 bits per heavy atom. The molecule has 2 rings (SSSR count). The molecule has 0 saturated heterocycles. The molecule has 0 unspecified atom stereocenters. The van der Waals surface area contributed by atoms with E-state index in [1.807, 2.05) is 6.07 Å². The van der Waals surface area contributed by atoms with Crippen molar-refractivity contribution in [3.8, 4) is 5.75 Å². The summed E-state index contributed by atoms with van der Waals surface area (Å²) in [6, 6.07) is 15.0. The van der Waals surface area contributed by atoms with Gasteiger partial charge >= 0.3 is 0 Å². The van der Waals surface area contributed by atoms with E-state index < -0.39 is 0 Å². The Kier molecular flexibility index (Phi) is 4.11. The van der Waals surface area contributed by atoms with Crippen LogP contribution >= 0.6 is 0 Å². The number of aromatic hydroxyl groups is 1. The summed E-state index contributed by atoms with van der Waals surface area (Å²) in [6.45, 7) is 1.37. The Morgan fingerprint density at radius 3 is 2.10 bits per heavy atom. The van der Waals surface area contributed by atoms with Crippen molar-refractivity contribution >= 4 is 17.6 Å². The molecule has 0 aliphatic rings. The molecule has 0 atom stereocenters. The van der Waals surface area contributed by atoms with E-state index in [4.69, 9.17) is 0 Å². The Morgan fingerprint density at radius 1 is 0.950 bits per heavy atom. The van der Waals surface area contributed by atoms with Crippen LogP contribution in [0.3, 0.4) is 0 Å². The monoisotopic (exact) mass is 266 g/mol. The molecule has 3 heteroatoms. The normalized spacial score (nSPS) is 11.2. The first-order chi connectivity index (χ1) is 9.58. The molecule has 3 nitrogen and oxygen atoms in total. The minimum atomic E-state index is -0.300. The molecule has 0 saturated carbocycles. The van der Waals surface area contributed by atoms with Gasteiger partial charge in [0.25, 0.3) is 0 Å². The highest BCUT2D eigenvalue weighted by Gasteiger charge is 2.16. The van der Waals surface area contributed by atoms with Crippen molar-refractivity contribution in [1.29, 1.82) is 0 Å². The van der Waals surface area contributed by atoms with E-state index in [0.717, 1.165) is 0 Å². The summed E-state index contributed by atoms with van der Waals surface area (Å²) in [4.78, 5) is 24.0. The number of carbonyl (C=O) groups excluding carboxylic acids is 2. The van der Waals surface area contributed by atoms with Crippen LogP contribution in [0, 0.1) is 0 Å². The molecule has 2 aromatic carbocycles. The van der Waals surface area contributed by atoms with Crippen LogP contribution in [0.1, 0.15) is 22.8 Å². The second-order valence-electron chi connectivity index (χ2n) is 4.40. The number of phenolic OH excluding ortho intramolecular Hbond substituents is 1. The zero-order chi connectivity index (χ0) is 14.5. The second kappa shape index (κ2) is 5.97. The van der Waals surface area contributed by atoms with Gasteiger partial charge in [0.2, 0.25) is 0 Å². The quantitative estimate of drug-likeness (QED) is 0.400. The van der Waals surface area contributed by atoms with Crippen LogP contribution in [0.4, 0.5) is 0 Å². The van der Waals surface area contributed by atoms with Crippen molar-refractivity contribution in [3.05, 3.63) is 71.3 Å². The van der Waals surface area contributed by atoms with Gasteiger partial charge < -0.3 is 5.11 Å². The molecule has 0 aliphatic heterocycles. The largest absolute Gasteiger partial charge is 0.508 e. The molecule has 0 aliphatic carbocycles. The van der Waals surface area contributed by atoms with Crippen LogP contribution in [0.5, 0.6) is 5.75 Å². The van der Waals surface area contributed by atoms with Crippen LogP contribution in [-0.2, 0) is 4.79 Å². The third-order valence-corrected chi connectivity index (χ3v) is 2.86. The zero-order valence-corrected chi connectivity index (χ0v) is 11.0. The van der Waals surface area contributed by atoms with E-state index in [2.05, 4.69) is 0 Å². The minimum absolute atomic E-state index is 0.127. The molecular weight excluding hydrogens is 252 g/mol. The number of allylic oxidation sites excluding steroid dienone is 1. The number of rotatable bonds is 4. The van der Waals surface area contributed by atoms with Crippen molar-refractivity contribution in [1.82, 2.24) is 0 Å². The fourth-order valence-electron chi connectivity index (χ4n) is 1.81. The maximum atomic E-state index is 12.3. The van der Waals surface area contributed by atoms with Crippen molar-refractivity contribution in [2.24, 2.45) is 0 Å². The summed E-state index contributed by atoms with van der Waals surface area (Å²) in [7, 11) is 0. The van der Waals surface area contributed by atoms with Gasteiger partial charge in [0.1, 0.15) is 5.75 Å². The van der Waals surface area contributed by atoms with Gasteiger partial charge in [0.05, 0.1) is 5.57 Å². The van der Waals surface area contributed by atoms with Crippen LogP contribution in [-0.4, -0.2) is 16.7 Å². The SMILES string of the molecule is CC(=O)C(=Cc1ccc(O)cc1)C(=O)c1ccccc1. The maximum Gasteiger partial charge on any atom is 0.196 e. The van der Waals surface area contributed by atoms with Gasteiger partial charge in [-0.2, -0.15) is 0 Å². The summed E-state index contributed by atoms with van der Waals surface area (Å²) in [5.41, 5.74) is 1.30. The molecule has 100 valence electrons. The fraction of sp³-hybridized carbons (Fsp3) is 0.0588. The highest BCUT2D eigenvalue weighted by Crippen LogP contribution is 2.16. The molecule has 0 aromatic heterocycles. The van der Waals surface area contributed by atoms with Gasteiger partial charge in [0.15, 0.2) is 11.6 Å². The fourth-order valence-corrected chi connectivity index (χ4v) is 1.81. The second-order valence-corrected chi connectivity index (χ2v) is 4.40. The molecule has 0 bridgehead atoms. The Labute approximate surface area is 117 Å². The van der Waals surface area contributed by atoms with Crippen LogP contribution < -0.4 is 0 Å².